The van der Waals surface area contributed by atoms with Crippen molar-refractivity contribution >= 4 is 28.3 Å². The molecule has 1 aromatic heterocycles. The highest BCUT2D eigenvalue weighted by Crippen LogP contribution is 2.19. The van der Waals surface area contributed by atoms with Crippen molar-refractivity contribution in [1.82, 2.24) is 5.32 Å². The Hall–Kier alpha value is -0.480. The standard InChI is InChI=1S/C12H18N2S2/c1-8(6-11-5-4-10(3)16-11)13-12-14-9(2)7-15-12/h4-5,8-9H,6-7H2,1-3H3,(H,13,14). The first-order chi connectivity index (χ1) is 7.63. The number of rotatable bonds is 3. The number of hydrogen-bond acceptors (Lipinski definition) is 4. The van der Waals surface area contributed by atoms with Gasteiger partial charge in [0.25, 0.3) is 0 Å². The molecule has 1 aliphatic heterocycles. The molecule has 0 spiro atoms. The summed E-state index contributed by atoms with van der Waals surface area (Å²) in [5, 5.41) is 4.61. The molecule has 0 fully saturated rings. The fourth-order valence-corrected chi connectivity index (χ4v) is 3.74. The molecule has 0 aromatic carbocycles. The van der Waals surface area contributed by atoms with Crippen LogP contribution in [0.3, 0.4) is 0 Å². The molecule has 0 radical (unpaired) electrons. The number of thiophene rings is 1. The summed E-state index contributed by atoms with van der Waals surface area (Å²) in [4.78, 5) is 7.39. The van der Waals surface area contributed by atoms with E-state index in [0.717, 1.165) is 17.3 Å². The van der Waals surface area contributed by atoms with Gasteiger partial charge in [0.1, 0.15) is 0 Å². The summed E-state index contributed by atoms with van der Waals surface area (Å²) in [5.74, 6) is 1.12. The fraction of sp³-hybridized carbons (Fsp3) is 0.583. The van der Waals surface area contributed by atoms with Gasteiger partial charge in [-0.1, -0.05) is 11.8 Å². The molecule has 1 aliphatic rings. The Bertz CT molecular complexity index is 384. The highest BCUT2D eigenvalue weighted by atomic mass is 32.2. The van der Waals surface area contributed by atoms with Crippen molar-refractivity contribution in [3.8, 4) is 0 Å². The Morgan fingerprint density at radius 1 is 1.56 bits per heavy atom. The van der Waals surface area contributed by atoms with Gasteiger partial charge in [-0.05, 0) is 32.9 Å². The molecule has 1 aromatic rings. The van der Waals surface area contributed by atoms with Crippen LogP contribution in [-0.4, -0.2) is 23.0 Å². The van der Waals surface area contributed by atoms with Crippen molar-refractivity contribution in [3.05, 3.63) is 21.9 Å². The Labute approximate surface area is 106 Å². The van der Waals surface area contributed by atoms with Crippen LogP contribution in [0.25, 0.3) is 0 Å². The Morgan fingerprint density at radius 2 is 2.38 bits per heavy atom. The third kappa shape index (κ3) is 3.25. The molecule has 16 heavy (non-hydrogen) atoms. The van der Waals surface area contributed by atoms with Crippen molar-refractivity contribution < 1.29 is 0 Å². The van der Waals surface area contributed by atoms with E-state index in [4.69, 9.17) is 0 Å². The van der Waals surface area contributed by atoms with Gasteiger partial charge >= 0.3 is 0 Å². The van der Waals surface area contributed by atoms with E-state index >= 15 is 0 Å². The molecule has 88 valence electrons. The summed E-state index contributed by atoms with van der Waals surface area (Å²) >= 11 is 3.72. The summed E-state index contributed by atoms with van der Waals surface area (Å²) in [6.07, 6.45) is 1.09. The lowest BCUT2D eigenvalue weighted by atomic mass is 10.2. The largest absolute Gasteiger partial charge is 0.362 e. The number of nitrogens with zero attached hydrogens (tertiary/aromatic N) is 1. The average Bonchev–Trinajstić information content (AvgIpc) is 2.76. The van der Waals surface area contributed by atoms with Crippen molar-refractivity contribution in [2.45, 2.75) is 39.3 Å². The Morgan fingerprint density at radius 3 is 2.94 bits per heavy atom. The summed E-state index contributed by atoms with van der Waals surface area (Å²) < 4.78 is 0. The van der Waals surface area contributed by atoms with Crippen molar-refractivity contribution in [3.63, 3.8) is 0 Å². The Balaban J connectivity index is 1.84. The predicted molar refractivity (Wildman–Crippen MR) is 74.7 cm³/mol. The van der Waals surface area contributed by atoms with E-state index in [1.54, 1.807) is 0 Å². The predicted octanol–water partition coefficient (Wildman–Crippen LogP) is 3.07. The molecule has 0 saturated carbocycles. The first kappa shape index (κ1) is 12.0. The molecule has 1 N–H and O–H groups in total. The number of aryl methyl sites for hydroxylation is 1. The van der Waals surface area contributed by atoms with Crippen molar-refractivity contribution in [2.24, 2.45) is 4.99 Å². The van der Waals surface area contributed by atoms with Crippen LogP contribution in [0.4, 0.5) is 0 Å². The topological polar surface area (TPSA) is 24.4 Å². The van der Waals surface area contributed by atoms with Crippen LogP contribution in [0.1, 0.15) is 23.6 Å². The van der Waals surface area contributed by atoms with Crippen LogP contribution in [0.2, 0.25) is 0 Å². The second-order valence-corrected chi connectivity index (χ2v) is 6.74. The molecule has 0 amide bonds. The van der Waals surface area contributed by atoms with E-state index in [0.29, 0.717) is 12.1 Å². The summed E-state index contributed by atoms with van der Waals surface area (Å²) in [5.41, 5.74) is 0. The number of thioether (sulfide) groups is 1. The van der Waals surface area contributed by atoms with E-state index in [-0.39, 0.29) is 0 Å². The SMILES string of the molecule is Cc1ccc(CC(C)NC2=NC(C)CS2)s1. The summed E-state index contributed by atoms with van der Waals surface area (Å²) in [6.45, 7) is 6.54. The number of hydrogen-bond donors (Lipinski definition) is 1. The zero-order valence-corrected chi connectivity index (χ0v) is 11.6. The van der Waals surface area contributed by atoms with Gasteiger partial charge in [0.05, 0.1) is 6.04 Å². The maximum Gasteiger partial charge on any atom is 0.157 e. The van der Waals surface area contributed by atoms with Crippen LogP contribution in [-0.2, 0) is 6.42 Å². The molecular weight excluding hydrogens is 236 g/mol. The minimum atomic E-state index is 0.467. The van der Waals surface area contributed by atoms with Gasteiger partial charge in [0.2, 0.25) is 0 Å². The number of amidine groups is 1. The first-order valence-electron chi connectivity index (χ1n) is 5.66. The van der Waals surface area contributed by atoms with Crippen LogP contribution in [0.15, 0.2) is 17.1 Å². The fourth-order valence-electron chi connectivity index (χ4n) is 1.71. The lowest BCUT2D eigenvalue weighted by molar-refractivity contribution is 0.668. The molecule has 2 atom stereocenters. The molecule has 4 heteroatoms. The van der Waals surface area contributed by atoms with Crippen molar-refractivity contribution in [1.29, 1.82) is 0 Å². The van der Waals surface area contributed by atoms with Gasteiger partial charge in [-0.3, -0.25) is 4.99 Å². The highest BCUT2D eigenvalue weighted by molar-refractivity contribution is 8.14. The molecule has 0 bridgehead atoms. The van der Waals surface area contributed by atoms with Crippen LogP contribution < -0.4 is 5.32 Å². The number of nitrogens with one attached hydrogen (secondary N) is 1. The highest BCUT2D eigenvalue weighted by Gasteiger charge is 2.15. The second-order valence-electron chi connectivity index (χ2n) is 4.36. The maximum atomic E-state index is 4.55. The Kier molecular flexibility index (Phi) is 3.92. The zero-order chi connectivity index (χ0) is 11.5. The van der Waals surface area contributed by atoms with E-state index in [1.807, 2.05) is 23.1 Å². The average molecular weight is 254 g/mol. The smallest absolute Gasteiger partial charge is 0.157 e. The zero-order valence-electron chi connectivity index (χ0n) is 9.99. The first-order valence-corrected chi connectivity index (χ1v) is 7.46. The molecule has 0 saturated heterocycles. The maximum absolute atomic E-state index is 4.55. The minimum absolute atomic E-state index is 0.467. The summed E-state index contributed by atoms with van der Waals surface area (Å²) in [7, 11) is 0. The molecule has 0 aliphatic carbocycles. The number of aliphatic imine (C=N–C) groups is 1. The van der Waals surface area contributed by atoms with E-state index in [1.165, 1.54) is 9.75 Å². The van der Waals surface area contributed by atoms with Crippen LogP contribution in [0.5, 0.6) is 0 Å². The van der Waals surface area contributed by atoms with Crippen LogP contribution >= 0.6 is 23.1 Å². The van der Waals surface area contributed by atoms with Crippen molar-refractivity contribution in [2.75, 3.05) is 5.75 Å². The van der Waals surface area contributed by atoms with Crippen LogP contribution in [0, 0.1) is 6.92 Å². The second kappa shape index (κ2) is 5.23. The van der Waals surface area contributed by atoms with Gasteiger partial charge in [-0.25, -0.2) is 0 Å². The monoisotopic (exact) mass is 254 g/mol. The molecule has 2 unspecified atom stereocenters. The van der Waals surface area contributed by atoms with Gasteiger partial charge < -0.3 is 5.32 Å². The third-order valence-electron chi connectivity index (χ3n) is 2.47. The summed E-state index contributed by atoms with van der Waals surface area (Å²) in [6, 6.07) is 5.36. The molecular formula is C12H18N2S2. The lowest BCUT2D eigenvalue weighted by Gasteiger charge is -2.13. The van der Waals surface area contributed by atoms with Gasteiger partial charge in [0.15, 0.2) is 5.17 Å². The molecule has 2 nitrogen and oxygen atoms in total. The molecule has 2 heterocycles. The van der Waals surface area contributed by atoms with Gasteiger partial charge in [-0.15, -0.1) is 11.3 Å². The quantitative estimate of drug-likeness (QED) is 0.896. The van der Waals surface area contributed by atoms with E-state index in [2.05, 4.69) is 43.2 Å². The third-order valence-corrected chi connectivity index (χ3v) is 4.64. The minimum Gasteiger partial charge on any atom is -0.362 e. The van der Waals surface area contributed by atoms with E-state index in [9.17, 15) is 0 Å². The normalized spacial score (nSPS) is 21.9. The van der Waals surface area contributed by atoms with Gasteiger partial charge in [0, 0.05) is 28.0 Å². The van der Waals surface area contributed by atoms with Gasteiger partial charge in [-0.2, -0.15) is 0 Å². The lowest BCUT2D eigenvalue weighted by Crippen LogP contribution is -2.31. The molecule has 2 rings (SSSR count). The van der Waals surface area contributed by atoms with E-state index < -0.39 is 0 Å².